The Hall–Kier alpha value is -2.37. The molecule has 0 saturated heterocycles. The minimum Gasteiger partial charge on any atom is -0.364 e. The van der Waals surface area contributed by atoms with Crippen molar-refractivity contribution in [3.8, 4) is 0 Å². The number of aromatic nitrogens is 2. The Morgan fingerprint density at radius 1 is 1.33 bits per heavy atom. The molecule has 6 nitrogen and oxygen atoms in total. The minimum atomic E-state index is -0.389. The maximum atomic E-state index is 11.2. The second-order valence-corrected chi connectivity index (χ2v) is 5.77. The maximum Gasteiger partial charge on any atom is 0.333 e. The van der Waals surface area contributed by atoms with Gasteiger partial charge in [0.05, 0.1) is 4.92 Å². The van der Waals surface area contributed by atoms with Gasteiger partial charge >= 0.3 is 5.69 Å². The fraction of sp³-hybridized carbons (Fsp3) is 0.400. The summed E-state index contributed by atoms with van der Waals surface area (Å²) in [6, 6.07) is 10.1. The van der Waals surface area contributed by atoms with E-state index < -0.39 is 0 Å². The van der Waals surface area contributed by atoms with Crippen LogP contribution in [-0.2, 0) is 12.5 Å². The Kier molecular flexibility index (Phi) is 3.97. The molecule has 0 fully saturated rings. The van der Waals surface area contributed by atoms with Crippen LogP contribution in [0.3, 0.4) is 0 Å². The van der Waals surface area contributed by atoms with E-state index in [4.69, 9.17) is 0 Å². The Balaban J connectivity index is 2.22. The topological polar surface area (TPSA) is 73.0 Å². The van der Waals surface area contributed by atoms with Gasteiger partial charge in [-0.25, -0.2) is 4.68 Å². The van der Waals surface area contributed by atoms with Crippen LogP contribution in [0.1, 0.15) is 25.1 Å². The molecule has 0 aliphatic heterocycles. The normalized spacial score (nSPS) is 11.4. The quantitative estimate of drug-likeness (QED) is 0.678. The third-order valence-electron chi connectivity index (χ3n) is 3.63. The van der Waals surface area contributed by atoms with Gasteiger partial charge in [0.15, 0.2) is 0 Å². The molecule has 2 aromatic rings. The lowest BCUT2D eigenvalue weighted by Gasteiger charge is -2.25. The fourth-order valence-electron chi connectivity index (χ4n) is 2.36. The van der Waals surface area contributed by atoms with Crippen molar-refractivity contribution in [2.45, 2.75) is 26.2 Å². The Bertz CT molecular complexity index is 647. The van der Waals surface area contributed by atoms with Crippen LogP contribution in [-0.4, -0.2) is 21.2 Å². The lowest BCUT2D eigenvalue weighted by atomic mass is 9.84. The van der Waals surface area contributed by atoms with E-state index in [0.717, 1.165) is 0 Å². The van der Waals surface area contributed by atoms with Crippen molar-refractivity contribution in [3.63, 3.8) is 0 Å². The monoisotopic (exact) mass is 288 g/mol. The van der Waals surface area contributed by atoms with Crippen molar-refractivity contribution in [1.29, 1.82) is 0 Å². The van der Waals surface area contributed by atoms with Gasteiger partial charge < -0.3 is 5.32 Å². The Morgan fingerprint density at radius 2 is 1.95 bits per heavy atom. The van der Waals surface area contributed by atoms with Crippen LogP contribution < -0.4 is 5.32 Å². The summed E-state index contributed by atoms with van der Waals surface area (Å²) >= 11 is 0. The number of hydrogen-bond acceptors (Lipinski definition) is 4. The summed E-state index contributed by atoms with van der Waals surface area (Å²) < 4.78 is 1.52. The highest BCUT2D eigenvalue weighted by molar-refractivity contribution is 5.59. The van der Waals surface area contributed by atoms with Crippen molar-refractivity contribution >= 4 is 11.5 Å². The molecule has 0 atom stereocenters. The van der Waals surface area contributed by atoms with Crippen LogP contribution in [0.15, 0.2) is 30.3 Å². The average Bonchev–Trinajstić information content (AvgIpc) is 2.72. The standard InChI is InChI=1S/C15H20N4O2/c1-11-13(19(20)21)14(18(4)17-11)16-10-15(2,3)12-8-6-5-7-9-12/h5-9,16H,10H2,1-4H3. The van der Waals surface area contributed by atoms with Crippen molar-refractivity contribution < 1.29 is 4.92 Å². The second-order valence-electron chi connectivity index (χ2n) is 5.77. The number of nitrogens with zero attached hydrogens (tertiary/aromatic N) is 3. The van der Waals surface area contributed by atoms with E-state index in [2.05, 4.69) is 36.4 Å². The van der Waals surface area contributed by atoms with E-state index in [9.17, 15) is 10.1 Å². The van der Waals surface area contributed by atoms with Crippen LogP contribution in [0.4, 0.5) is 11.5 Å². The minimum absolute atomic E-state index is 0.0429. The van der Waals surface area contributed by atoms with Crippen molar-refractivity contribution in [2.75, 3.05) is 11.9 Å². The first-order valence-corrected chi connectivity index (χ1v) is 6.80. The van der Waals surface area contributed by atoms with Gasteiger partial charge in [-0.3, -0.25) is 10.1 Å². The third kappa shape index (κ3) is 3.04. The first kappa shape index (κ1) is 15.0. The summed E-state index contributed by atoms with van der Waals surface area (Å²) in [7, 11) is 1.71. The van der Waals surface area contributed by atoms with Gasteiger partial charge in [0, 0.05) is 19.0 Å². The van der Waals surface area contributed by atoms with Crippen LogP contribution >= 0.6 is 0 Å². The van der Waals surface area contributed by atoms with Crippen LogP contribution in [0.25, 0.3) is 0 Å². The zero-order chi connectivity index (χ0) is 15.6. The number of benzene rings is 1. The molecular weight excluding hydrogens is 268 g/mol. The smallest absolute Gasteiger partial charge is 0.333 e. The van der Waals surface area contributed by atoms with Gasteiger partial charge in [-0.05, 0) is 12.5 Å². The number of rotatable bonds is 5. The highest BCUT2D eigenvalue weighted by Gasteiger charge is 2.27. The molecule has 0 spiro atoms. The molecule has 21 heavy (non-hydrogen) atoms. The first-order valence-electron chi connectivity index (χ1n) is 6.80. The van der Waals surface area contributed by atoms with Gasteiger partial charge in [-0.2, -0.15) is 5.10 Å². The molecule has 2 rings (SSSR count). The molecule has 1 aromatic heterocycles. The summed E-state index contributed by atoms with van der Waals surface area (Å²) in [4.78, 5) is 10.8. The van der Waals surface area contributed by atoms with E-state index in [1.807, 2.05) is 18.2 Å². The SMILES string of the molecule is Cc1nn(C)c(NCC(C)(C)c2ccccc2)c1[N+](=O)[O-]. The predicted octanol–water partition coefficient (Wildman–Crippen LogP) is 3.03. The number of hydrogen-bond donors (Lipinski definition) is 1. The molecular formula is C15H20N4O2. The molecule has 0 bridgehead atoms. The van der Waals surface area contributed by atoms with Crippen molar-refractivity contribution in [3.05, 3.63) is 51.7 Å². The third-order valence-corrected chi connectivity index (χ3v) is 3.63. The highest BCUT2D eigenvalue weighted by Crippen LogP contribution is 2.29. The molecule has 112 valence electrons. The second kappa shape index (κ2) is 5.55. The summed E-state index contributed by atoms with van der Waals surface area (Å²) in [6.45, 7) is 6.43. The maximum absolute atomic E-state index is 11.2. The molecule has 0 unspecified atom stereocenters. The molecule has 0 radical (unpaired) electrons. The van der Waals surface area contributed by atoms with Crippen LogP contribution in [0, 0.1) is 17.0 Å². The fourth-order valence-corrected chi connectivity index (χ4v) is 2.36. The largest absolute Gasteiger partial charge is 0.364 e. The Morgan fingerprint density at radius 3 is 2.52 bits per heavy atom. The summed E-state index contributed by atoms with van der Waals surface area (Å²) in [5.74, 6) is 0.446. The zero-order valence-electron chi connectivity index (χ0n) is 12.8. The summed E-state index contributed by atoms with van der Waals surface area (Å²) in [5, 5.41) is 18.5. The van der Waals surface area contributed by atoms with Crippen LogP contribution in [0.5, 0.6) is 0 Å². The number of nitro groups is 1. The van der Waals surface area contributed by atoms with E-state index in [1.165, 1.54) is 10.2 Å². The number of anilines is 1. The Labute approximate surface area is 123 Å². The van der Waals surface area contributed by atoms with Gasteiger partial charge in [-0.1, -0.05) is 44.2 Å². The predicted molar refractivity (Wildman–Crippen MR) is 82.6 cm³/mol. The summed E-state index contributed by atoms with van der Waals surface area (Å²) in [6.07, 6.45) is 0. The number of aryl methyl sites for hydroxylation is 2. The molecule has 0 amide bonds. The summed E-state index contributed by atoms with van der Waals surface area (Å²) in [5.41, 5.74) is 1.50. The van der Waals surface area contributed by atoms with Gasteiger partial charge in [0.2, 0.25) is 5.82 Å². The molecule has 0 aliphatic carbocycles. The highest BCUT2D eigenvalue weighted by atomic mass is 16.6. The van der Waals surface area contributed by atoms with E-state index in [0.29, 0.717) is 18.1 Å². The van der Waals surface area contributed by atoms with E-state index in [-0.39, 0.29) is 16.0 Å². The molecule has 6 heteroatoms. The van der Waals surface area contributed by atoms with E-state index >= 15 is 0 Å². The molecule has 1 heterocycles. The van der Waals surface area contributed by atoms with Gasteiger partial charge in [0.25, 0.3) is 0 Å². The lowest BCUT2D eigenvalue weighted by molar-refractivity contribution is -0.384. The number of nitrogens with one attached hydrogen (secondary N) is 1. The molecule has 0 saturated carbocycles. The molecule has 1 N–H and O–H groups in total. The molecule has 1 aromatic carbocycles. The first-order chi connectivity index (χ1) is 9.83. The van der Waals surface area contributed by atoms with Crippen LogP contribution in [0.2, 0.25) is 0 Å². The molecule has 0 aliphatic rings. The zero-order valence-corrected chi connectivity index (χ0v) is 12.8. The van der Waals surface area contributed by atoms with Gasteiger partial charge in [0.1, 0.15) is 5.69 Å². The van der Waals surface area contributed by atoms with Crippen molar-refractivity contribution in [2.24, 2.45) is 7.05 Å². The average molecular weight is 288 g/mol. The van der Waals surface area contributed by atoms with Crippen molar-refractivity contribution in [1.82, 2.24) is 9.78 Å². The van der Waals surface area contributed by atoms with E-state index in [1.54, 1.807) is 14.0 Å². The van der Waals surface area contributed by atoms with Gasteiger partial charge in [-0.15, -0.1) is 0 Å². The lowest BCUT2D eigenvalue weighted by Crippen LogP contribution is -2.28.